The highest BCUT2D eigenvalue weighted by atomic mass is 16.5. The molecule has 0 fully saturated rings. The maximum absolute atomic E-state index is 13.4. The maximum Gasteiger partial charge on any atom is 0.200 e. The van der Waals surface area contributed by atoms with Crippen LogP contribution < -0.4 is 9.47 Å². The van der Waals surface area contributed by atoms with Gasteiger partial charge in [0.05, 0.1) is 25.3 Å². The number of phenolic OH excluding ortho intramolecular Hbond substituents is 1. The van der Waals surface area contributed by atoms with Crippen LogP contribution >= 0.6 is 0 Å². The first kappa shape index (κ1) is 27.8. The third-order valence-electron chi connectivity index (χ3n) is 6.56. The molecule has 188 valence electrons. The van der Waals surface area contributed by atoms with Gasteiger partial charge in [-0.1, -0.05) is 96.1 Å². The van der Waals surface area contributed by atoms with Gasteiger partial charge in [0.25, 0.3) is 0 Å². The van der Waals surface area contributed by atoms with Crippen LogP contribution in [0.2, 0.25) is 0 Å². The van der Waals surface area contributed by atoms with Gasteiger partial charge >= 0.3 is 0 Å². The Bertz CT molecular complexity index is 859. The summed E-state index contributed by atoms with van der Waals surface area (Å²) in [6.45, 7) is 2.27. The molecule has 4 heteroatoms. The van der Waals surface area contributed by atoms with Crippen LogP contribution in [0.5, 0.6) is 17.2 Å². The van der Waals surface area contributed by atoms with E-state index in [9.17, 15) is 9.90 Å². The van der Waals surface area contributed by atoms with E-state index in [0.29, 0.717) is 22.6 Å². The van der Waals surface area contributed by atoms with Crippen molar-refractivity contribution in [1.82, 2.24) is 0 Å². The number of aryl methyl sites for hydroxylation is 1. The Labute approximate surface area is 206 Å². The minimum atomic E-state index is -0.237. The van der Waals surface area contributed by atoms with Crippen LogP contribution in [0.25, 0.3) is 0 Å². The van der Waals surface area contributed by atoms with Crippen molar-refractivity contribution in [1.29, 1.82) is 0 Å². The van der Waals surface area contributed by atoms with E-state index in [1.807, 2.05) is 12.1 Å². The average Bonchev–Trinajstić information content (AvgIpc) is 2.86. The number of hydrogen-bond donors (Lipinski definition) is 1. The molecule has 2 rings (SSSR count). The first-order valence-corrected chi connectivity index (χ1v) is 13.2. The first-order chi connectivity index (χ1) is 16.6. The van der Waals surface area contributed by atoms with Crippen LogP contribution in [0, 0.1) is 0 Å². The minimum Gasteiger partial charge on any atom is -0.507 e. The van der Waals surface area contributed by atoms with E-state index in [2.05, 4.69) is 6.92 Å². The van der Waals surface area contributed by atoms with Gasteiger partial charge < -0.3 is 14.6 Å². The summed E-state index contributed by atoms with van der Waals surface area (Å²) in [6.07, 6.45) is 17.8. The number of carbonyl (C=O) groups excluding carboxylic acids is 1. The van der Waals surface area contributed by atoms with Crippen molar-refractivity contribution in [2.45, 2.75) is 96.8 Å². The lowest BCUT2D eigenvalue weighted by atomic mass is 9.93. The monoisotopic (exact) mass is 468 g/mol. The van der Waals surface area contributed by atoms with Gasteiger partial charge in [0, 0.05) is 0 Å². The third-order valence-corrected chi connectivity index (χ3v) is 6.56. The molecule has 34 heavy (non-hydrogen) atoms. The molecule has 0 aliphatic rings. The number of benzene rings is 2. The van der Waals surface area contributed by atoms with E-state index in [1.165, 1.54) is 77.7 Å². The summed E-state index contributed by atoms with van der Waals surface area (Å²) in [5.74, 6) is 0.833. The normalized spacial score (nSPS) is 10.9. The molecule has 0 aliphatic heterocycles. The van der Waals surface area contributed by atoms with Gasteiger partial charge in [0.1, 0.15) is 17.2 Å². The SMILES string of the molecule is CCCCCCCCCCCCCCCc1cccc(O)c1C(=O)c1cc(OC)ccc1OC. The second kappa shape index (κ2) is 16.2. The van der Waals surface area contributed by atoms with Crippen molar-refractivity contribution >= 4 is 5.78 Å². The molecule has 0 bridgehead atoms. The lowest BCUT2D eigenvalue weighted by molar-refractivity contribution is 0.103. The standard InChI is InChI=1S/C30H44O4/c1-4-5-6-7-8-9-10-11-12-13-14-15-16-18-24-19-17-20-27(31)29(24)30(32)26-23-25(33-2)21-22-28(26)34-3/h17,19-23,31H,4-16,18H2,1-3H3. The maximum atomic E-state index is 13.4. The largest absolute Gasteiger partial charge is 0.507 e. The van der Waals surface area contributed by atoms with Crippen LogP contribution in [-0.2, 0) is 6.42 Å². The van der Waals surface area contributed by atoms with E-state index in [1.54, 1.807) is 31.4 Å². The molecule has 0 spiro atoms. The quantitative estimate of drug-likeness (QED) is 0.177. The summed E-state index contributed by atoms with van der Waals surface area (Å²) in [4.78, 5) is 13.4. The van der Waals surface area contributed by atoms with E-state index >= 15 is 0 Å². The van der Waals surface area contributed by atoms with Crippen molar-refractivity contribution in [2.75, 3.05) is 14.2 Å². The summed E-state index contributed by atoms with van der Waals surface area (Å²) in [6, 6.07) is 10.5. The average molecular weight is 469 g/mol. The molecule has 0 atom stereocenters. The zero-order valence-corrected chi connectivity index (χ0v) is 21.5. The number of rotatable bonds is 18. The molecule has 1 N–H and O–H groups in total. The molecule has 0 radical (unpaired) electrons. The van der Waals surface area contributed by atoms with Gasteiger partial charge in [-0.3, -0.25) is 4.79 Å². The van der Waals surface area contributed by atoms with Gasteiger partial charge in [0.2, 0.25) is 5.78 Å². The molecular weight excluding hydrogens is 424 g/mol. The van der Waals surface area contributed by atoms with Crippen LogP contribution in [0.4, 0.5) is 0 Å². The summed E-state index contributed by atoms with van der Waals surface area (Å²) < 4.78 is 10.7. The number of ketones is 1. The van der Waals surface area contributed by atoms with E-state index in [0.717, 1.165) is 24.8 Å². The summed E-state index contributed by atoms with van der Waals surface area (Å²) in [5.41, 5.74) is 1.65. The fourth-order valence-corrected chi connectivity index (χ4v) is 4.52. The van der Waals surface area contributed by atoms with Crippen molar-refractivity contribution < 1.29 is 19.4 Å². The molecule has 0 saturated heterocycles. The molecule has 0 aromatic heterocycles. The predicted molar refractivity (Wildman–Crippen MR) is 140 cm³/mol. The molecule has 0 saturated carbocycles. The highest BCUT2D eigenvalue weighted by Crippen LogP contribution is 2.31. The Morgan fingerprint density at radius 3 is 1.91 bits per heavy atom. The Morgan fingerprint density at radius 2 is 1.35 bits per heavy atom. The summed E-state index contributed by atoms with van der Waals surface area (Å²) >= 11 is 0. The summed E-state index contributed by atoms with van der Waals surface area (Å²) in [5, 5.41) is 10.5. The Morgan fingerprint density at radius 1 is 0.765 bits per heavy atom. The summed E-state index contributed by atoms with van der Waals surface area (Å²) in [7, 11) is 3.11. The second-order valence-corrected chi connectivity index (χ2v) is 9.20. The fourth-order valence-electron chi connectivity index (χ4n) is 4.52. The number of ether oxygens (including phenoxy) is 2. The zero-order valence-electron chi connectivity index (χ0n) is 21.5. The molecule has 0 heterocycles. The number of methoxy groups -OCH3 is 2. The molecule has 4 nitrogen and oxygen atoms in total. The lowest BCUT2D eigenvalue weighted by Gasteiger charge is -2.14. The minimum absolute atomic E-state index is 0.0158. The lowest BCUT2D eigenvalue weighted by Crippen LogP contribution is -2.08. The number of carbonyl (C=O) groups is 1. The van der Waals surface area contributed by atoms with Crippen LogP contribution in [0.3, 0.4) is 0 Å². The molecule has 0 unspecified atom stereocenters. The van der Waals surface area contributed by atoms with Crippen LogP contribution in [0.15, 0.2) is 36.4 Å². The first-order valence-electron chi connectivity index (χ1n) is 13.2. The van der Waals surface area contributed by atoms with Crippen LogP contribution in [-0.4, -0.2) is 25.1 Å². The highest BCUT2D eigenvalue weighted by Gasteiger charge is 2.21. The van der Waals surface area contributed by atoms with E-state index < -0.39 is 0 Å². The van der Waals surface area contributed by atoms with Gasteiger partial charge in [-0.2, -0.15) is 0 Å². The molecule has 0 aliphatic carbocycles. The number of unbranched alkanes of at least 4 members (excludes halogenated alkanes) is 12. The second-order valence-electron chi connectivity index (χ2n) is 9.20. The third kappa shape index (κ3) is 9.04. The molecule has 0 amide bonds. The van der Waals surface area contributed by atoms with Gasteiger partial charge in [-0.25, -0.2) is 0 Å². The van der Waals surface area contributed by atoms with Crippen molar-refractivity contribution in [2.24, 2.45) is 0 Å². The van der Waals surface area contributed by atoms with E-state index in [4.69, 9.17) is 9.47 Å². The molecule has 2 aromatic rings. The zero-order chi connectivity index (χ0) is 24.6. The highest BCUT2D eigenvalue weighted by molar-refractivity contribution is 6.13. The van der Waals surface area contributed by atoms with Crippen molar-refractivity contribution in [3.63, 3.8) is 0 Å². The fraction of sp³-hybridized carbons (Fsp3) is 0.567. The van der Waals surface area contributed by atoms with Gasteiger partial charge in [-0.15, -0.1) is 0 Å². The predicted octanol–water partition coefficient (Wildman–Crippen LogP) is 8.27. The Hall–Kier alpha value is -2.49. The topological polar surface area (TPSA) is 55.8 Å². The smallest absolute Gasteiger partial charge is 0.200 e. The Balaban J connectivity index is 1.80. The number of hydrogen-bond acceptors (Lipinski definition) is 4. The van der Waals surface area contributed by atoms with Gasteiger partial charge in [0.15, 0.2) is 0 Å². The Kier molecular flexibility index (Phi) is 13.2. The molecule has 2 aromatic carbocycles. The van der Waals surface area contributed by atoms with E-state index in [-0.39, 0.29) is 11.5 Å². The number of aromatic hydroxyl groups is 1. The number of phenols is 1. The van der Waals surface area contributed by atoms with Crippen molar-refractivity contribution in [3.05, 3.63) is 53.1 Å². The van der Waals surface area contributed by atoms with Gasteiger partial charge in [-0.05, 0) is 42.7 Å². The van der Waals surface area contributed by atoms with Crippen molar-refractivity contribution in [3.8, 4) is 17.2 Å². The van der Waals surface area contributed by atoms with Crippen LogP contribution in [0.1, 0.15) is 112 Å². The molecular formula is C30H44O4.